The number of ether oxygens (including phenoxy) is 1. The van der Waals surface area contributed by atoms with Gasteiger partial charge in [-0.1, -0.05) is 18.2 Å². The molecule has 0 saturated carbocycles. The molecule has 0 aliphatic rings. The normalized spacial score (nSPS) is 9.13. The van der Waals surface area contributed by atoms with Crippen LogP contribution in [0.5, 0.6) is 0 Å². The number of benzene rings is 1. The van der Waals surface area contributed by atoms with Crippen molar-refractivity contribution in [2.75, 3.05) is 19.0 Å². The second-order valence-corrected chi connectivity index (χ2v) is 2.74. The van der Waals surface area contributed by atoms with Crippen molar-refractivity contribution < 1.29 is 14.3 Å². The van der Waals surface area contributed by atoms with Crippen LogP contribution in [0, 0.1) is 0 Å². The number of amides is 2. The fourth-order valence-corrected chi connectivity index (χ4v) is 0.922. The molecule has 2 amide bonds. The standard InChI is InChI=1S/C10H12N2O3/c1-11-10(14)15-7-9(13)12-8-5-3-2-4-6-8/h2-6H,7H2,1H3,(H,11,14)(H,12,13). The van der Waals surface area contributed by atoms with Crippen molar-refractivity contribution in [3.05, 3.63) is 30.3 Å². The number of hydrogen-bond acceptors (Lipinski definition) is 3. The summed E-state index contributed by atoms with van der Waals surface area (Å²) in [5.74, 6) is -0.371. The zero-order chi connectivity index (χ0) is 11.1. The molecule has 0 heterocycles. The summed E-state index contributed by atoms with van der Waals surface area (Å²) < 4.78 is 4.56. The molecule has 80 valence electrons. The Morgan fingerprint density at radius 3 is 2.53 bits per heavy atom. The van der Waals surface area contributed by atoms with Gasteiger partial charge in [-0.3, -0.25) is 4.79 Å². The van der Waals surface area contributed by atoms with E-state index in [9.17, 15) is 9.59 Å². The highest BCUT2D eigenvalue weighted by Crippen LogP contribution is 2.04. The maximum Gasteiger partial charge on any atom is 0.407 e. The molecule has 0 aliphatic heterocycles. The summed E-state index contributed by atoms with van der Waals surface area (Å²) in [7, 11) is 1.43. The third-order valence-electron chi connectivity index (χ3n) is 1.60. The number of para-hydroxylation sites is 1. The monoisotopic (exact) mass is 208 g/mol. The summed E-state index contributed by atoms with van der Waals surface area (Å²) in [6.07, 6.45) is -0.627. The van der Waals surface area contributed by atoms with E-state index in [0.29, 0.717) is 5.69 Å². The Morgan fingerprint density at radius 1 is 1.27 bits per heavy atom. The van der Waals surface area contributed by atoms with Crippen LogP contribution in [0.15, 0.2) is 30.3 Å². The number of rotatable bonds is 3. The number of anilines is 1. The van der Waals surface area contributed by atoms with E-state index in [2.05, 4.69) is 15.4 Å². The molecule has 0 saturated heterocycles. The Labute approximate surface area is 87.4 Å². The molecule has 0 bridgehead atoms. The van der Waals surface area contributed by atoms with Crippen LogP contribution >= 0.6 is 0 Å². The summed E-state index contributed by atoms with van der Waals surface area (Å²) in [6, 6.07) is 8.94. The maximum atomic E-state index is 11.2. The highest BCUT2D eigenvalue weighted by molar-refractivity contribution is 5.92. The van der Waals surface area contributed by atoms with Gasteiger partial charge in [0.25, 0.3) is 5.91 Å². The predicted molar refractivity (Wildman–Crippen MR) is 55.5 cm³/mol. The first-order valence-corrected chi connectivity index (χ1v) is 4.42. The summed E-state index contributed by atoms with van der Waals surface area (Å²) in [5, 5.41) is 4.82. The topological polar surface area (TPSA) is 67.4 Å². The molecule has 0 unspecified atom stereocenters. The molecule has 0 fully saturated rings. The van der Waals surface area contributed by atoms with Gasteiger partial charge in [0.05, 0.1) is 0 Å². The van der Waals surface area contributed by atoms with Gasteiger partial charge in [-0.2, -0.15) is 0 Å². The molecule has 15 heavy (non-hydrogen) atoms. The second-order valence-electron chi connectivity index (χ2n) is 2.74. The molecule has 0 radical (unpaired) electrons. The van der Waals surface area contributed by atoms with Crippen LogP contribution in [0.25, 0.3) is 0 Å². The Balaban J connectivity index is 2.34. The molecule has 0 spiro atoms. The first kappa shape index (κ1) is 11.0. The minimum absolute atomic E-state index is 0.297. The Kier molecular flexibility index (Phi) is 4.15. The van der Waals surface area contributed by atoms with Crippen LogP contribution in [-0.2, 0) is 9.53 Å². The van der Waals surface area contributed by atoms with Gasteiger partial charge in [-0.25, -0.2) is 4.79 Å². The van der Waals surface area contributed by atoms with Crippen molar-refractivity contribution in [3.63, 3.8) is 0 Å². The SMILES string of the molecule is CNC(=O)OCC(=O)Nc1ccccc1. The van der Waals surface area contributed by atoms with Crippen LogP contribution < -0.4 is 10.6 Å². The van der Waals surface area contributed by atoms with E-state index in [-0.39, 0.29) is 12.5 Å². The molecule has 1 rings (SSSR count). The molecule has 0 aromatic heterocycles. The minimum atomic E-state index is -0.627. The Bertz CT molecular complexity index is 338. The zero-order valence-corrected chi connectivity index (χ0v) is 8.32. The first-order chi connectivity index (χ1) is 7.22. The first-order valence-electron chi connectivity index (χ1n) is 4.42. The van der Waals surface area contributed by atoms with E-state index in [1.165, 1.54) is 7.05 Å². The number of nitrogens with one attached hydrogen (secondary N) is 2. The van der Waals surface area contributed by atoms with Crippen LogP contribution in [0.4, 0.5) is 10.5 Å². The van der Waals surface area contributed by atoms with E-state index >= 15 is 0 Å². The third kappa shape index (κ3) is 4.12. The fraction of sp³-hybridized carbons (Fsp3) is 0.200. The van der Waals surface area contributed by atoms with Crippen molar-refractivity contribution in [2.45, 2.75) is 0 Å². The number of carbonyl (C=O) groups is 2. The highest BCUT2D eigenvalue weighted by Gasteiger charge is 2.05. The van der Waals surface area contributed by atoms with Crippen molar-refractivity contribution in [1.29, 1.82) is 0 Å². The number of carbonyl (C=O) groups excluding carboxylic acids is 2. The van der Waals surface area contributed by atoms with Crippen molar-refractivity contribution >= 4 is 17.7 Å². The van der Waals surface area contributed by atoms with Crippen LogP contribution in [-0.4, -0.2) is 25.7 Å². The van der Waals surface area contributed by atoms with Crippen molar-refractivity contribution in [3.8, 4) is 0 Å². The molecule has 5 nitrogen and oxygen atoms in total. The molecule has 1 aromatic carbocycles. The summed E-state index contributed by atoms with van der Waals surface area (Å²) in [4.78, 5) is 21.9. The lowest BCUT2D eigenvalue weighted by molar-refractivity contribution is -0.118. The zero-order valence-electron chi connectivity index (χ0n) is 8.32. The van der Waals surface area contributed by atoms with Gasteiger partial charge in [0, 0.05) is 12.7 Å². The second kappa shape index (κ2) is 5.64. The van der Waals surface area contributed by atoms with E-state index in [4.69, 9.17) is 0 Å². The van der Waals surface area contributed by atoms with Crippen molar-refractivity contribution in [1.82, 2.24) is 5.32 Å². The maximum absolute atomic E-state index is 11.2. The van der Waals surface area contributed by atoms with Crippen molar-refractivity contribution in [2.24, 2.45) is 0 Å². The van der Waals surface area contributed by atoms with Gasteiger partial charge in [-0.05, 0) is 12.1 Å². The molecule has 1 aromatic rings. The molecule has 5 heteroatoms. The summed E-state index contributed by atoms with van der Waals surface area (Å²) in [6.45, 7) is -0.297. The predicted octanol–water partition coefficient (Wildman–Crippen LogP) is 0.981. The Morgan fingerprint density at radius 2 is 1.93 bits per heavy atom. The van der Waals surface area contributed by atoms with Crippen LogP contribution in [0.1, 0.15) is 0 Å². The lowest BCUT2D eigenvalue weighted by atomic mass is 10.3. The van der Waals surface area contributed by atoms with E-state index in [1.54, 1.807) is 24.3 Å². The molecular weight excluding hydrogens is 196 g/mol. The largest absolute Gasteiger partial charge is 0.439 e. The van der Waals surface area contributed by atoms with Gasteiger partial charge < -0.3 is 15.4 Å². The fourth-order valence-electron chi connectivity index (χ4n) is 0.922. The molecule has 0 aliphatic carbocycles. The number of hydrogen-bond donors (Lipinski definition) is 2. The average molecular weight is 208 g/mol. The van der Waals surface area contributed by atoms with Crippen LogP contribution in [0.2, 0.25) is 0 Å². The van der Waals surface area contributed by atoms with E-state index < -0.39 is 6.09 Å². The summed E-state index contributed by atoms with van der Waals surface area (Å²) >= 11 is 0. The van der Waals surface area contributed by atoms with Crippen LogP contribution in [0.3, 0.4) is 0 Å². The Hall–Kier alpha value is -2.04. The molecular formula is C10H12N2O3. The molecule has 2 N–H and O–H groups in total. The molecule has 0 atom stereocenters. The third-order valence-corrected chi connectivity index (χ3v) is 1.60. The van der Waals surface area contributed by atoms with Gasteiger partial charge in [0.2, 0.25) is 0 Å². The van der Waals surface area contributed by atoms with Gasteiger partial charge >= 0.3 is 6.09 Å². The lowest BCUT2D eigenvalue weighted by Gasteiger charge is -2.05. The van der Waals surface area contributed by atoms with Gasteiger partial charge in [0.15, 0.2) is 6.61 Å². The van der Waals surface area contributed by atoms with E-state index in [1.807, 2.05) is 6.07 Å². The lowest BCUT2D eigenvalue weighted by Crippen LogP contribution is -2.25. The minimum Gasteiger partial charge on any atom is -0.439 e. The number of alkyl carbamates (subject to hydrolysis) is 1. The average Bonchev–Trinajstić information content (AvgIpc) is 2.27. The summed E-state index contributed by atoms with van der Waals surface area (Å²) in [5.41, 5.74) is 0.669. The van der Waals surface area contributed by atoms with Gasteiger partial charge in [-0.15, -0.1) is 0 Å². The highest BCUT2D eigenvalue weighted by atomic mass is 16.6. The van der Waals surface area contributed by atoms with Gasteiger partial charge in [0.1, 0.15) is 0 Å². The smallest absolute Gasteiger partial charge is 0.407 e. The quantitative estimate of drug-likeness (QED) is 0.778. The van der Waals surface area contributed by atoms with E-state index in [0.717, 1.165) is 0 Å².